The molecule has 2 saturated heterocycles. The van der Waals surface area contributed by atoms with Crippen molar-refractivity contribution in [1.82, 2.24) is 4.98 Å². The molecule has 0 unspecified atom stereocenters. The molecule has 1 amide bonds. The summed E-state index contributed by atoms with van der Waals surface area (Å²) in [5, 5.41) is 0. The molecule has 29 heavy (non-hydrogen) atoms. The first kappa shape index (κ1) is 20.8. The van der Waals surface area contributed by atoms with Gasteiger partial charge in [0.2, 0.25) is 5.91 Å². The number of nitrogens with zero attached hydrogens (tertiary/aromatic N) is 4. The summed E-state index contributed by atoms with van der Waals surface area (Å²) in [6.07, 6.45) is 3.87. The zero-order valence-electron chi connectivity index (χ0n) is 17.4. The molecule has 3 heterocycles. The number of hydrogen-bond acceptors (Lipinski definition) is 7. The van der Waals surface area contributed by atoms with Crippen molar-refractivity contribution in [1.29, 1.82) is 0 Å². The summed E-state index contributed by atoms with van der Waals surface area (Å²) in [5.41, 5.74) is 8.61. The Morgan fingerprint density at radius 1 is 1.31 bits per heavy atom. The zero-order valence-corrected chi connectivity index (χ0v) is 17.4. The van der Waals surface area contributed by atoms with Gasteiger partial charge in [-0.2, -0.15) is 0 Å². The van der Waals surface area contributed by atoms with Crippen LogP contribution in [0.1, 0.15) is 40.0 Å². The summed E-state index contributed by atoms with van der Waals surface area (Å²) < 4.78 is 5.09. The highest BCUT2D eigenvalue weighted by molar-refractivity contribution is 6.08. The van der Waals surface area contributed by atoms with E-state index in [2.05, 4.69) is 14.9 Å². The number of carbonyl (C=O) groups excluding carboxylic acids is 2. The van der Waals surface area contributed by atoms with Crippen LogP contribution >= 0.6 is 0 Å². The summed E-state index contributed by atoms with van der Waals surface area (Å²) in [6.45, 7) is 7.91. The average Bonchev–Trinajstić information content (AvgIpc) is 3.13. The number of nitrogens with two attached hydrogens (primary N) is 1. The van der Waals surface area contributed by atoms with Gasteiger partial charge in [-0.15, -0.1) is 0 Å². The Morgan fingerprint density at radius 2 is 2.10 bits per heavy atom. The number of hydrogen-bond donors (Lipinski definition) is 1. The van der Waals surface area contributed by atoms with Gasteiger partial charge < -0.3 is 20.3 Å². The number of amides is 1. The monoisotopic (exact) mass is 399 g/mol. The van der Waals surface area contributed by atoms with Crippen molar-refractivity contribution < 1.29 is 14.3 Å². The van der Waals surface area contributed by atoms with E-state index >= 15 is 0 Å². The summed E-state index contributed by atoms with van der Waals surface area (Å²) in [5.74, 6) is 0.398. The molecule has 0 spiro atoms. The third kappa shape index (κ3) is 4.75. The maximum atomic E-state index is 12.2. The zero-order chi connectivity index (χ0) is 21.0. The van der Waals surface area contributed by atoms with E-state index in [9.17, 15) is 9.59 Å². The lowest BCUT2D eigenvalue weighted by Gasteiger charge is -2.32. The molecule has 2 fully saturated rings. The topological polar surface area (TPSA) is 101 Å². The summed E-state index contributed by atoms with van der Waals surface area (Å²) in [4.78, 5) is 37.2. The van der Waals surface area contributed by atoms with Crippen molar-refractivity contribution in [3.05, 3.63) is 29.6 Å². The first-order valence-electron chi connectivity index (χ1n) is 10.1. The maximum absolute atomic E-state index is 12.2. The van der Waals surface area contributed by atoms with Gasteiger partial charge in [0.05, 0.1) is 18.5 Å². The summed E-state index contributed by atoms with van der Waals surface area (Å²) >= 11 is 0. The third-order valence-electron chi connectivity index (χ3n) is 4.99. The van der Waals surface area contributed by atoms with Gasteiger partial charge in [-0.25, -0.2) is 9.78 Å². The molecular weight excluding hydrogens is 370 g/mol. The van der Waals surface area contributed by atoms with Gasteiger partial charge in [0, 0.05) is 49.8 Å². The Balaban J connectivity index is 1.83. The van der Waals surface area contributed by atoms with Gasteiger partial charge in [0.15, 0.2) is 0 Å². The molecule has 0 aromatic carbocycles. The van der Waals surface area contributed by atoms with Crippen LogP contribution in [0, 0.1) is 0 Å². The molecule has 0 aliphatic carbocycles. The number of rotatable bonds is 5. The lowest BCUT2D eigenvalue weighted by molar-refractivity contribution is -0.138. The largest absolute Gasteiger partial charge is 0.461 e. The molecule has 2 aliphatic rings. The Morgan fingerprint density at radius 3 is 2.69 bits per heavy atom. The SMILES string of the molecule is CCOC(=O)/C(N)=C1\CN(c2ccc(N3CCCC3=O)cn2)CCC1=NC(C)C. The van der Waals surface area contributed by atoms with Gasteiger partial charge in [-0.3, -0.25) is 9.79 Å². The molecule has 2 N–H and O–H groups in total. The van der Waals surface area contributed by atoms with Crippen molar-refractivity contribution in [3.63, 3.8) is 0 Å². The quantitative estimate of drug-likeness (QED) is 0.601. The number of piperidine rings is 1. The number of carbonyl (C=O) groups is 2. The van der Waals surface area contributed by atoms with Gasteiger partial charge in [0.25, 0.3) is 0 Å². The van der Waals surface area contributed by atoms with E-state index in [0.29, 0.717) is 25.0 Å². The molecule has 1 aromatic heterocycles. The molecule has 0 atom stereocenters. The molecular formula is C21H29N5O3. The Hall–Kier alpha value is -2.90. The van der Waals surface area contributed by atoms with Gasteiger partial charge in [-0.05, 0) is 39.3 Å². The number of anilines is 2. The molecule has 3 rings (SSSR count). The molecule has 156 valence electrons. The highest BCUT2D eigenvalue weighted by atomic mass is 16.5. The van der Waals surface area contributed by atoms with Gasteiger partial charge in [0.1, 0.15) is 11.5 Å². The van der Waals surface area contributed by atoms with Crippen LogP contribution in [0.4, 0.5) is 11.5 Å². The van der Waals surface area contributed by atoms with E-state index in [-0.39, 0.29) is 24.3 Å². The van der Waals surface area contributed by atoms with Crippen LogP contribution in [0.15, 0.2) is 34.6 Å². The fourth-order valence-corrected chi connectivity index (χ4v) is 3.62. The highest BCUT2D eigenvalue weighted by Crippen LogP contribution is 2.25. The maximum Gasteiger partial charge on any atom is 0.354 e. The highest BCUT2D eigenvalue weighted by Gasteiger charge is 2.27. The molecule has 1 aromatic rings. The number of esters is 1. The second-order valence-electron chi connectivity index (χ2n) is 7.48. The van der Waals surface area contributed by atoms with Gasteiger partial charge in [-0.1, -0.05) is 0 Å². The summed E-state index contributed by atoms with van der Waals surface area (Å²) in [6, 6.07) is 3.93. The van der Waals surface area contributed by atoms with Crippen LogP contribution in [0.3, 0.4) is 0 Å². The Bertz CT molecular complexity index is 829. The predicted octanol–water partition coefficient (Wildman–Crippen LogP) is 2.04. The fourth-order valence-electron chi connectivity index (χ4n) is 3.62. The first-order valence-corrected chi connectivity index (χ1v) is 10.1. The standard InChI is InChI=1S/C21H29N5O3/c1-4-29-21(28)20(22)16-13-25(11-9-17(16)24-14(2)3)18-8-7-15(12-23-18)26-10-5-6-19(26)27/h7-8,12,14H,4-6,9-11,13,22H2,1-3H3/b20-16-,24-17?. The van der Waals surface area contributed by atoms with E-state index in [1.807, 2.05) is 26.0 Å². The van der Waals surface area contributed by atoms with E-state index in [4.69, 9.17) is 10.5 Å². The van der Waals surface area contributed by atoms with Crippen LogP contribution in [-0.2, 0) is 14.3 Å². The van der Waals surface area contributed by atoms with E-state index in [1.54, 1.807) is 18.0 Å². The normalized spacial score (nSPS) is 20.6. The number of pyridine rings is 1. The second kappa shape index (κ2) is 9.07. The molecule has 8 nitrogen and oxygen atoms in total. The predicted molar refractivity (Wildman–Crippen MR) is 113 cm³/mol. The van der Waals surface area contributed by atoms with Crippen LogP contribution in [0.5, 0.6) is 0 Å². The number of aromatic nitrogens is 1. The van der Waals surface area contributed by atoms with Crippen LogP contribution in [0.2, 0.25) is 0 Å². The Kier molecular flexibility index (Phi) is 6.51. The molecule has 0 saturated carbocycles. The molecule has 2 aliphatic heterocycles. The summed E-state index contributed by atoms with van der Waals surface area (Å²) in [7, 11) is 0. The van der Waals surface area contributed by atoms with E-state index < -0.39 is 5.97 Å². The Labute approximate surface area is 171 Å². The molecule has 8 heteroatoms. The third-order valence-corrected chi connectivity index (χ3v) is 4.99. The minimum atomic E-state index is -0.517. The van der Waals surface area contributed by atoms with Crippen LogP contribution < -0.4 is 15.5 Å². The first-order chi connectivity index (χ1) is 13.9. The van der Waals surface area contributed by atoms with Crippen molar-refractivity contribution in [2.24, 2.45) is 10.7 Å². The fraction of sp³-hybridized carbons (Fsp3) is 0.524. The number of ether oxygens (including phenoxy) is 1. The lowest BCUT2D eigenvalue weighted by atomic mass is 9.99. The second-order valence-corrected chi connectivity index (χ2v) is 7.48. The molecule has 0 bridgehead atoms. The number of aliphatic imine (C=N–C) groups is 1. The minimum absolute atomic E-state index is 0.107. The van der Waals surface area contributed by atoms with Gasteiger partial charge >= 0.3 is 5.97 Å². The van der Waals surface area contributed by atoms with Crippen molar-refractivity contribution in [3.8, 4) is 0 Å². The average molecular weight is 399 g/mol. The van der Waals surface area contributed by atoms with Crippen LogP contribution in [0.25, 0.3) is 0 Å². The van der Waals surface area contributed by atoms with Crippen molar-refractivity contribution >= 4 is 29.1 Å². The van der Waals surface area contributed by atoms with E-state index in [1.165, 1.54) is 0 Å². The van der Waals surface area contributed by atoms with Crippen LogP contribution in [-0.4, -0.2) is 54.9 Å². The van der Waals surface area contributed by atoms with Crippen molar-refractivity contribution in [2.45, 2.75) is 46.1 Å². The smallest absolute Gasteiger partial charge is 0.354 e. The molecule has 0 radical (unpaired) electrons. The lowest BCUT2D eigenvalue weighted by Crippen LogP contribution is -2.39. The minimum Gasteiger partial charge on any atom is -0.461 e. The van der Waals surface area contributed by atoms with Crippen molar-refractivity contribution in [2.75, 3.05) is 36.0 Å². The van der Waals surface area contributed by atoms with E-state index in [0.717, 1.165) is 36.7 Å².